The molecule has 0 heterocycles. The van der Waals surface area contributed by atoms with E-state index in [1.54, 1.807) is 21.1 Å². The van der Waals surface area contributed by atoms with Crippen molar-refractivity contribution in [2.75, 3.05) is 62.1 Å². The molecule has 4 atom stereocenters. The van der Waals surface area contributed by atoms with Crippen molar-refractivity contribution in [3.8, 4) is 11.5 Å². The molecule has 0 aromatic heterocycles. The zero-order valence-electron chi connectivity index (χ0n) is 31.0. The maximum Gasteiger partial charge on any atom is 0.418 e. The van der Waals surface area contributed by atoms with Crippen LogP contribution in [-0.2, 0) is 39.8 Å². The molecule has 0 saturated carbocycles. The summed E-state index contributed by atoms with van der Waals surface area (Å²) in [6, 6.07) is 15.2. The molecule has 0 N–H and O–H groups in total. The number of rotatable bonds is 15. The second-order valence-corrected chi connectivity index (χ2v) is 12.0. The summed E-state index contributed by atoms with van der Waals surface area (Å²) in [6.45, 7) is 12.9. The van der Waals surface area contributed by atoms with E-state index in [2.05, 4.69) is 18.7 Å². The van der Waals surface area contributed by atoms with Crippen LogP contribution in [0.15, 0.2) is 48.5 Å². The van der Waals surface area contributed by atoms with E-state index < -0.39 is 23.1 Å². The zero-order valence-corrected chi connectivity index (χ0v) is 33.0. The molecule has 10 nitrogen and oxygen atoms in total. The minimum absolute atomic E-state index is 0. The number of carbonyl (C=O) groups is 3. The molecule has 0 amide bonds. The van der Waals surface area contributed by atoms with Gasteiger partial charge in [-0.15, -0.1) is 0 Å². The second-order valence-electron chi connectivity index (χ2n) is 12.0. The summed E-state index contributed by atoms with van der Waals surface area (Å²) in [6.07, 6.45) is 1.23. The van der Waals surface area contributed by atoms with Crippen molar-refractivity contribution in [1.82, 2.24) is 9.80 Å². The lowest BCUT2D eigenvalue weighted by Gasteiger charge is -2.39. The third-order valence-corrected chi connectivity index (χ3v) is 8.08. The number of hydrogen-bond acceptors (Lipinski definition) is 10. The largest absolute Gasteiger partial charge is 0.497 e. The van der Waals surface area contributed by atoms with Crippen LogP contribution in [0.3, 0.4) is 0 Å². The van der Waals surface area contributed by atoms with Crippen molar-refractivity contribution in [2.24, 2.45) is 11.8 Å². The molecule has 0 unspecified atom stereocenters. The Balaban J connectivity index is 0. The van der Waals surface area contributed by atoms with Crippen LogP contribution in [-0.4, -0.2) is 89.8 Å². The van der Waals surface area contributed by atoms with Gasteiger partial charge in [0.05, 0.1) is 20.8 Å². The molecule has 12 heteroatoms. The van der Waals surface area contributed by atoms with E-state index >= 15 is 0 Å². The van der Waals surface area contributed by atoms with Crippen LogP contribution in [0.25, 0.3) is 0 Å². The Kier molecular flexibility index (Phi) is 22.3. The number of benzene rings is 2. The van der Waals surface area contributed by atoms with Gasteiger partial charge in [-0.2, -0.15) is 27.0 Å². The third kappa shape index (κ3) is 13.2. The van der Waals surface area contributed by atoms with Gasteiger partial charge in [-0.05, 0) is 83.3 Å². The quantitative estimate of drug-likeness (QED) is 0.126. The number of methoxy groups -OCH3 is 2. The summed E-state index contributed by atoms with van der Waals surface area (Å²) in [5.74, 6) is -0.664. The fourth-order valence-corrected chi connectivity index (χ4v) is 5.95. The molecule has 0 bridgehead atoms. The molecular weight excluding hydrogens is 653 g/mol. The lowest BCUT2D eigenvalue weighted by atomic mass is 9.79. The first-order valence-electron chi connectivity index (χ1n) is 15.8. The van der Waals surface area contributed by atoms with Gasteiger partial charge in [0.15, 0.2) is 0 Å². The van der Waals surface area contributed by atoms with Gasteiger partial charge in [0.2, 0.25) is 0 Å². The van der Waals surface area contributed by atoms with E-state index in [1.807, 2.05) is 95.5 Å². The summed E-state index contributed by atoms with van der Waals surface area (Å²) >= 11 is 0. The van der Waals surface area contributed by atoms with Gasteiger partial charge < -0.3 is 33.5 Å². The standard InChI is InChI=1S/C19H29NO5.C17H27NO3.2H2S/c1-7-19(14(3)13-20(4)5,25-18(22)17(21)24-8-2)15-10-9-11-16(12-15)23-6;1-7-17(21-14(3)19,13(2)12-18(4)5)15-9-8-10-16(11-15)20-6;;/h9-12,14H,7-8,13H2,1-6H3;8-11,13H,7,12H2,1-6H3;2*1H2/t14-,19+;13-,17+;;/m00../s1. The minimum Gasteiger partial charge on any atom is -0.497 e. The number of hydrogen-bond donors (Lipinski definition) is 0. The average Bonchev–Trinajstić information content (AvgIpc) is 3.01. The van der Waals surface area contributed by atoms with Gasteiger partial charge in [0.25, 0.3) is 0 Å². The Morgan fingerprint density at radius 3 is 1.40 bits per heavy atom. The highest BCUT2D eigenvalue weighted by atomic mass is 32.1. The number of carbonyl (C=O) groups excluding carboxylic acids is 3. The molecule has 0 aliphatic carbocycles. The lowest BCUT2D eigenvalue weighted by molar-refractivity contribution is -0.183. The van der Waals surface area contributed by atoms with Gasteiger partial charge in [-0.3, -0.25) is 4.79 Å². The monoisotopic (exact) mass is 712 g/mol. The zero-order chi connectivity index (χ0) is 35.1. The minimum atomic E-state index is -0.975. The molecule has 2 aromatic rings. The summed E-state index contributed by atoms with van der Waals surface area (Å²) in [5, 5.41) is 0. The summed E-state index contributed by atoms with van der Waals surface area (Å²) in [5.41, 5.74) is 0.183. The van der Waals surface area contributed by atoms with Crippen molar-refractivity contribution in [2.45, 2.75) is 65.6 Å². The van der Waals surface area contributed by atoms with Gasteiger partial charge in [-0.1, -0.05) is 52.0 Å². The highest BCUT2D eigenvalue weighted by molar-refractivity contribution is 7.59. The Labute approximate surface area is 302 Å². The maximum atomic E-state index is 12.3. The van der Waals surface area contributed by atoms with Crippen LogP contribution in [0, 0.1) is 11.8 Å². The Bertz CT molecular complexity index is 1260. The Morgan fingerprint density at radius 1 is 0.688 bits per heavy atom. The predicted octanol–water partition coefficient (Wildman–Crippen LogP) is 5.89. The molecule has 2 aromatic carbocycles. The highest BCUT2D eigenvalue weighted by Gasteiger charge is 2.43. The fraction of sp³-hybridized carbons (Fsp3) is 0.583. The summed E-state index contributed by atoms with van der Waals surface area (Å²) in [4.78, 5) is 39.9. The van der Waals surface area contributed by atoms with Gasteiger partial charge in [0, 0.05) is 31.8 Å². The fourth-order valence-electron chi connectivity index (χ4n) is 5.95. The molecule has 0 aliphatic rings. The number of nitrogens with zero attached hydrogens (tertiary/aromatic N) is 2. The maximum absolute atomic E-state index is 12.3. The molecule has 0 radical (unpaired) electrons. The number of esters is 3. The normalized spacial score (nSPS) is 14.3. The molecule has 48 heavy (non-hydrogen) atoms. The lowest BCUT2D eigenvalue weighted by Crippen LogP contribution is -2.44. The second kappa shape index (κ2) is 22.7. The van der Waals surface area contributed by atoms with Gasteiger partial charge in [-0.25, -0.2) is 9.59 Å². The first-order valence-corrected chi connectivity index (χ1v) is 15.8. The van der Waals surface area contributed by atoms with Crippen LogP contribution in [0.2, 0.25) is 0 Å². The smallest absolute Gasteiger partial charge is 0.418 e. The van der Waals surface area contributed by atoms with Crippen molar-refractivity contribution in [3.05, 3.63) is 59.7 Å². The predicted molar refractivity (Wildman–Crippen MR) is 201 cm³/mol. The first-order chi connectivity index (χ1) is 21.7. The van der Waals surface area contributed by atoms with Crippen molar-refractivity contribution < 1.29 is 38.1 Å². The van der Waals surface area contributed by atoms with Crippen LogP contribution in [0.4, 0.5) is 0 Å². The molecule has 0 fully saturated rings. The van der Waals surface area contributed by atoms with Gasteiger partial charge >= 0.3 is 17.9 Å². The molecule has 0 saturated heterocycles. The van der Waals surface area contributed by atoms with E-state index in [0.29, 0.717) is 18.7 Å². The third-order valence-electron chi connectivity index (χ3n) is 8.08. The topological polar surface area (TPSA) is 104 Å². The van der Waals surface area contributed by atoms with Crippen LogP contribution in [0.5, 0.6) is 11.5 Å². The van der Waals surface area contributed by atoms with E-state index in [-0.39, 0.29) is 51.4 Å². The Morgan fingerprint density at radius 2 is 1.08 bits per heavy atom. The average molecular weight is 713 g/mol. The van der Waals surface area contributed by atoms with Crippen molar-refractivity contribution in [3.63, 3.8) is 0 Å². The summed E-state index contributed by atoms with van der Waals surface area (Å²) in [7, 11) is 11.2. The molecular formula is C36H60N2O8S2. The summed E-state index contributed by atoms with van der Waals surface area (Å²) < 4.78 is 27.0. The van der Waals surface area contributed by atoms with Crippen LogP contribution in [0.1, 0.15) is 65.5 Å². The van der Waals surface area contributed by atoms with Crippen molar-refractivity contribution >= 4 is 44.9 Å². The van der Waals surface area contributed by atoms with Crippen LogP contribution >= 0.6 is 27.0 Å². The van der Waals surface area contributed by atoms with E-state index in [1.165, 1.54) is 6.92 Å². The van der Waals surface area contributed by atoms with Crippen molar-refractivity contribution in [1.29, 1.82) is 0 Å². The van der Waals surface area contributed by atoms with E-state index in [9.17, 15) is 14.4 Å². The highest BCUT2D eigenvalue weighted by Crippen LogP contribution is 2.40. The van der Waals surface area contributed by atoms with Gasteiger partial charge in [0.1, 0.15) is 22.7 Å². The molecule has 274 valence electrons. The molecule has 2 rings (SSSR count). The Hall–Kier alpha value is -2.93. The van der Waals surface area contributed by atoms with E-state index in [4.69, 9.17) is 23.7 Å². The number of ether oxygens (including phenoxy) is 5. The van der Waals surface area contributed by atoms with Crippen LogP contribution < -0.4 is 9.47 Å². The molecule has 0 spiro atoms. The first kappa shape index (κ1) is 47.2. The molecule has 0 aliphatic heterocycles. The SMILES string of the molecule is CCOC(=O)C(=O)O[C@@](CC)(c1cccc(OC)c1)[C@@H](C)CN(C)C.CC[C@](OC(C)=O)(c1cccc(OC)c1)[C@@H](C)CN(C)C.S.S. The van der Waals surface area contributed by atoms with E-state index in [0.717, 1.165) is 29.8 Å².